The van der Waals surface area contributed by atoms with Crippen LogP contribution in [-0.2, 0) is 0 Å². The lowest BCUT2D eigenvalue weighted by Gasteiger charge is -2.07. The molecule has 0 aromatic heterocycles. The summed E-state index contributed by atoms with van der Waals surface area (Å²) in [6.07, 6.45) is 0.774. The molecule has 0 aliphatic carbocycles. The summed E-state index contributed by atoms with van der Waals surface area (Å²) in [6.45, 7) is 2.31. The fourth-order valence-corrected chi connectivity index (χ4v) is 1.15. The summed E-state index contributed by atoms with van der Waals surface area (Å²) in [6, 6.07) is 2.21. The molecule has 2 nitrogen and oxygen atoms in total. The molecule has 0 unspecified atom stereocenters. The van der Waals surface area contributed by atoms with E-state index in [2.05, 4.69) is 0 Å². The van der Waals surface area contributed by atoms with Gasteiger partial charge in [0.15, 0.2) is 11.6 Å². The standard InChI is InChI=1S/C9H10ClFO2/c1-2-3-13-9-7(10)4-6(12)5-8(9)11/h4-5,12H,2-3H2,1H3. The van der Waals surface area contributed by atoms with E-state index in [0.717, 1.165) is 12.5 Å². The Kier molecular flexibility index (Phi) is 3.37. The minimum atomic E-state index is -0.640. The van der Waals surface area contributed by atoms with Gasteiger partial charge in [-0.3, -0.25) is 0 Å². The van der Waals surface area contributed by atoms with Crippen LogP contribution in [0.1, 0.15) is 13.3 Å². The molecule has 0 bridgehead atoms. The molecule has 1 rings (SSSR count). The molecule has 0 radical (unpaired) electrons. The Labute approximate surface area is 80.9 Å². The van der Waals surface area contributed by atoms with Gasteiger partial charge in [0, 0.05) is 12.1 Å². The first kappa shape index (κ1) is 10.1. The monoisotopic (exact) mass is 204 g/mol. The zero-order valence-electron chi connectivity index (χ0n) is 7.18. The fraction of sp³-hybridized carbons (Fsp3) is 0.333. The highest BCUT2D eigenvalue weighted by molar-refractivity contribution is 6.32. The van der Waals surface area contributed by atoms with Crippen molar-refractivity contribution in [2.75, 3.05) is 6.61 Å². The van der Waals surface area contributed by atoms with Crippen LogP contribution in [0.3, 0.4) is 0 Å². The molecule has 0 saturated heterocycles. The fourth-order valence-electron chi connectivity index (χ4n) is 0.889. The van der Waals surface area contributed by atoms with Crippen LogP contribution in [0, 0.1) is 5.82 Å². The van der Waals surface area contributed by atoms with E-state index < -0.39 is 5.82 Å². The van der Waals surface area contributed by atoms with Crippen molar-refractivity contribution in [2.24, 2.45) is 0 Å². The second-order valence-corrected chi connectivity index (χ2v) is 2.99. The summed E-state index contributed by atoms with van der Waals surface area (Å²) >= 11 is 5.65. The number of benzene rings is 1. The van der Waals surface area contributed by atoms with Crippen LogP contribution >= 0.6 is 11.6 Å². The van der Waals surface area contributed by atoms with Crippen LogP contribution in [-0.4, -0.2) is 11.7 Å². The van der Waals surface area contributed by atoms with Crippen molar-refractivity contribution in [1.82, 2.24) is 0 Å². The van der Waals surface area contributed by atoms with E-state index in [0.29, 0.717) is 6.61 Å². The van der Waals surface area contributed by atoms with Crippen LogP contribution in [0.5, 0.6) is 11.5 Å². The van der Waals surface area contributed by atoms with Crippen LogP contribution in [0.25, 0.3) is 0 Å². The molecule has 0 saturated carbocycles. The van der Waals surface area contributed by atoms with Gasteiger partial charge in [0.25, 0.3) is 0 Å². The van der Waals surface area contributed by atoms with E-state index >= 15 is 0 Å². The van der Waals surface area contributed by atoms with E-state index in [9.17, 15) is 4.39 Å². The van der Waals surface area contributed by atoms with Crippen LogP contribution < -0.4 is 4.74 Å². The first-order valence-corrected chi connectivity index (χ1v) is 4.33. The number of hydrogen-bond donors (Lipinski definition) is 1. The first-order valence-electron chi connectivity index (χ1n) is 3.96. The second kappa shape index (κ2) is 4.33. The smallest absolute Gasteiger partial charge is 0.173 e. The molecule has 0 spiro atoms. The van der Waals surface area contributed by atoms with Gasteiger partial charge in [-0.1, -0.05) is 18.5 Å². The highest BCUT2D eigenvalue weighted by Gasteiger charge is 2.10. The Balaban J connectivity index is 2.92. The maximum atomic E-state index is 13.1. The van der Waals surface area contributed by atoms with Crippen LogP contribution in [0.15, 0.2) is 12.1 Å². The number of hydrogen-bond acceptors (Lipinski definition) is 2. The summed E-state index contributed by atoms with van der Waals surface area (Å²) in [5.41, 5.74) is 0. The number of rotatable bonds is 3. The lowest BCUT2D eigenvalue weighted by molar-refractivity contribution is 0.300. The van der Waals surface area contributed by atoms with Crippen molar-refractivity contribution in [2.45, 2.75) is 13.3 Å². The Hall–Kier alpha value is -0.960. The van der Waals surface area contributed by atoms with Crippen molar-refractivity contribution in [1.29, 1.82) is 0 Å². The number of halogens is 2. The van der Waals surface area contributed by atoms with E-state index in [1.54, 1.807) is 0 Å². The maximum Gasteiger partial charge on any atom is 0.173 e. The molecule has 4 heteroatoms. The molecule has 0 aliphatic rings. The highest BCUT2D eigenvalue weighted by atomic mass is 35.5. The van der Waals surface area contributed by atoms with E-state index in [1.807, 2.05) is 6.92 Å². The quantitative estimate of drug-likeness (QED) is 0.820. The average Bonchev–Trinajstić information content (AvgIpc) is 2.02. The molecular formula is C9H10ClFO2. The minimum Gasteiger partial charge on any atom is -0.508 e. The van der Waals surface area contributed by atoms with Gasteiger partial charge >= 0.3 is 0 Å². The second-order valence-electron chi connectivity index (χ2n) is 2.59. The summed E-state index contributed by atoms with van der Waals surface area (Å²) in [5, 5.41) is 9.05. The Morgan fingerprint density at radius 3 is 2.77 bits per heavy atom. The van der Waals surface area contributed by atoms with Gasteiger partial charge in [0.1, 0.15) is 5.75 Å². The number of phenols is 1. The molecule has 1 N–H and O–H groups in total. The van der Waals surface area contributed by atoms with Crippen LogP contribution in [0.2, 0.25) is 5.02 Å². The first-order chi connectivity index (χ1) is 6.15. The third kappa shape index (κ3) is 2.49. The summed E-state index contributed by atoms with van der Waals surface area (Å²) in [4.78, 5) is 0. The summed E-state index contributed by atoms with van der Waals surface area (Å²) in [5.74, 6) is -0.842. The average molecular weight is 205 g/mol. The third-order valence-electron chi connectivity index (χ3n) is 1.43. The third-order valence-corrected chi connectivity index (χ3v) is 1.71. The molecular weight excluding hydrogens is 195 g/mol. The van der Waals surface area contributed by atoms with E-state index in [-0.39, 0.29) is 16.5 Å². The molecule has 0 aliphatic heterocycles. The zero-order valence-corrected chi connectivity index (χ0v) is 7.94. The Morgan fingerprint density at radius 2 is 2.23 bits per heavy atom. The van der Waals surface area contributed by atoms with Crippen LogP contribution in [0.4, 0.5) is 4.39 Å². The highest BCUT2D eigenvalue weighted by Crippen LogP contribution is 2.31. The van der Waals surface area contributed by atoms with Crippen molar-refractivity contribution in [3.8, 4) is 11.5 Å². The van der Waals surface area contributed by atoms with Gasteiger partial charge in [-0.2, -0.15) is 0 Å². The number of ether oxygens (including phenoxy) is 1. The summed E-state index contributed by atoms with van der Waals surface area (Å²) in [7, 11) is 0. The Bertz CT molecular complexity index is 279. The van der Waals surface area contributed by atoms with E-state index in [4.69, 9.17) is 21.4 Å². The van der Waals surface area contributed by atoms with E-state index in [1.165, 1.54) is 6.07 Å². The predicted molar refractivity (Wildman–Crippen MR) is 48.9 cm³/mol. The van der Waals surface area contributed by atoms with Gasteiger partial charge in [-0.15, -0.1) is 0 Å². The molecule has 1 aromatic rings. The topological polar surface area (TPSA) is 29.5 Å². The van der Waals surface area contributed by atoms with Crippen molar-refractivity contribution in [3.63, 3.8) is 0 Å². The van der Waals surface area contributed by atoms with Crippen molar-refractivity contribution in [3.05, 3.63) is 23.0 Å². The molecule has 72 valence electrons. The molecule has 13 heavy (non-hydrogen) atoms. The lowest BCUT2D eigenvalue weighted by atomic mass is 10.3. The minimum absolute atomic E-state index is 0.00122. The predicted octanol–water partition coefficient (Wildman–Crippen LogP) is 2.97. The molecule has 0 atom stereocenters. The van der Waals surface area contributed by atoms with Crippen molar-refractivity contribution >= 4 is 11.6 Å². The van der Waals surface area contributed by atoms with Gasteiger partial charge in [0.2, 0.25) is 0 Å². The maximum absolute atomic E-state index is 13.1. The largest absolute Gasteiger partial charge is 0.508 e. The zero-order chi connectivity index (χ0) is 9.84. The van der Waals surface area contributed by atoms with Gasteiger partial charge in [-0.25, -0.2) is 4.39 Å². The van der Waals surface area contributed by atoms with Gasteiger partial charge < -0.3 is 9.84 Å². The number of phenolic OH excluding ortho intramolecular Hbond substituents is 1. The SMILES string of the molecule is CCCOc1c(F)cc(O)cc1Cl. The molecule has 0 heterocycles. The lowest BCUT2D eigenvalue weighted by Crippen LogP contribution is -1.97. The molecule has 0 fully saturated rings. The normalized spacial score (nSPS) is 10.1. The molecule has 0 amide bonds. The van der Waals surface area contributed by atoms with Gasteiger partial charge in [-0.05, 0) is 6.42 Å². The Morgan fingerprint density at radius 1 is 1.54 bits per heavy atom. The van der Waals surface area contributed by atoms with Crippen molar-refractivity contribution < 1.29 is 14.2 Å². The molecule has 1 aromatic carbocycles. The number of aromatic hydroxyl groups is 1. The summed E-state index contributed by atoms with van der Waals surface area (Å²) < 4.78 is 18.1. The van der Waals surface area contributed by atoms with Gasteiger partial charge in [0.05, 0.1) is 11.6 Å².